The highest BCUT2D eigenvalue weighted by Crippen LogP contribution is 2.20. The van der Waals surface area contributed by atoms with E-state index in [4.69, 9.17) is 0 Å². The zero-order valence-corrected chi connectivity index (χ0v) is 12.4. The number of amides is 1. The van der Waals surface area contributed by atoms with Crippen molar-refractivity contribution < 1.29 is 14.3 Å². The molecular formula is C18H17FN2O2. The van der Waals surface area contributed by atoms with Crippen molar-refractivity contribution in [1.82, 2.24) is 10.3 Å². The third kappa shape index (κ3) is 3.40. The van der Waals surface area contributed by atoms with Crippen LogP contribution in [-0.2, 0) is 11.2 Å². The van der Waals surface area contributed by atoms with Crippen LogP contribution in [0.25, 0.3) is 10.9 Å². The van der Waals surface area contributed by atoms with Crippen LogP contribution in [0.5, 0.6) is 0 Å². The van der Waals surface area contributed by atoms with Crippen LogP contribution in [0.2, 0.25) is 0 Å². The molecule has 118 valence electrons. The van der Waals surface area contributed by atoms with E-state index in [0.29, 0.717) is 5.52 Å². The standard InChI is InChI=1S/C18H17FN2O2/c19-14-6-7-15-13(10-20-16(15)9-14)8-18(23)21-17(11-22)12-4-2-1-3-5-12/h1-7,9-10,17,20,22H,8,11H2,(H,21,23). The summed E-state index contributed by atoms with van der Waals surface area (Å²) in [7, 11) is 0. The van der Waals surface area contributed by atoms with Gasteiger partial charge in [-0.1, -0.05) is 30.3 Å². The number of carbonyl (C=O) groups is 1. The number of aliphatic hydroxyl groups is 1. The first kappa shape index (κ1) is 15.2. The third-order valence-electron chi connectivity index (χ3n) is 3.80. The predicted molar refractivity (Wildman–Crippen MR) is 86.4 cm³/mol. The lowest BCUT2D eigenvalue weighted by Crippen LogP contribution is -2.31. The van der Waals surface area contributed by atoms with E-state index in [1.165, 1.54) is 12.1 Å². The number of aliphatic hydroxyl groups excluding tert-OH is 1. The molecule has 1 heterocycles. The van der Waals surface area contributed by atoms with Crippen molar-refractivity contribution in [2.75, 3.05) is 6.61 Å². The van der Waals surface area contributed by atoms with Crippen LogP contribution in [0.4, 0.5) is 4.39 Å². The second-order valence-electron chi connectivity index (χ2n) is 5.39. The minimum Gasteiger partial charge on any atom is -0.394 e. The van der Waals surface area contributed by atoms with E-state index in [-0.39, 0.29) is 24.8 Å². The molecule has 1 atom stereocenters. The first-order valence-electron chi connectivity index (χ1n) is 7.38. The van der Waals surface area contributed by atoms with Crippen molar-refractivity contribution in [2.45, 2.75) is 12.5 Å². The fourth-order valence-corrected chi connectivity index (χ4v) is 2.64. The Hall–Kier alpha value is -2.66. The Balaban J connectivity index is 1.73. The van der Waals surface area contributed by atoms with Gasteiger partial charge in [0.25, 0.3) is 0 Å². The smallest absolute Gasteiger partial charge is 0.225 e. The van der Waals surface area contributed by atoms with Gasteiger partial charge in [0.05, 0.1) is 19.1 Å². The number of H-pyrrole nitrogens is 1. The first-order valence-corrected chi connectivity index (χ1v) is 7.38. The van der Waals surface area contributed by atoms with Crippen molar-refractivity contribution in [3.63, 3.8) is 0 Å². The van der Waals surface area contributed by atoms with E-state index < -0.39 is 6.04 Å². The summed E-state index contributed by atoms with van der Waals surface area (Å²) in [6, 6.07) is 13.3. The highest BCUT2D eigenvalue weighted by atomic mass is 19.1. The second-order valence-corrected chi connectivity index (χ2v) is 5.39. The van der Waals surface area contributed by atoms with Gasteiger partial charge in [-0.3, -0.25) is 4.79 Å². The third-order valence-corrected chi connectivity index (χ3v) is 3.80. The van der Waals surface area contributed by atoms with E-state index in [1.54, 1.807) is 12.3 Å². The molecule has 3 aromatic rings. The van der Waals surface area contributed by atoms with Crippen molar-refractivity contribution in [1.29, 1.82) is 0 Å². The molecule has 2 aromatic carbocycles. The zero-order chi connectivity index (χ0) is 16.2. The average Bonchev–Trinajstić information content (AvgIpc) is 2.95. The van der Waals surface area contributed by atoms with Gasteiger partial charge < -0.3 is 15.4 Å². The molecule has 0 saturated heterocycles. The van der Waals surface area contributed by atoms with Crippen LogP contribution < -0.4 is 5.32 Å². The lowest BCUT2D eigenvalue weighted by molar-refractivity contribution is -0.121. The Kier molecular flexibility index (Phi) is 4.39. The molecule has 1 unspecified atom stereocenters. The molecular weight excluding hydrogens is 295 g/mol. The van der Waals surface area contributed by atoms with Crippen LogP contribution in [0, 0.1) is 5.82 Å². The number of hydrogen-bond acceptors (Lipinski definition) is 2. The normalized spacial score (nSPS) is 12.3. The summed E-state index contributed by atoms with van der Waals surface area (Å²) in [6.07, 6.45) is 1.87. The van der Waals surface area contributed by atoms with Gasteiger partial charge in [-0.2, -0.15) is 0 Å². The molecule has 1 amide bonds. The fourth-order valence-electron chi connectivity index (χ4n) is 2.64. The van der Waals surface area contributed by atoms with Crippen LogP contribution in [0.3, 0.4) is 0 Å². The molecule has 23 heavy (non-hydrogen) atoms. The highest BCUT2D eigenvalue weighted by Gasteiger charge is 2.15. The van der Waals surface area contributed by atoms with E-state index >= 15 is 0 Å². The molecule has 4 nitrogen and oxygen atoms in total. The lowest BCUT2D eigenvalue weighted by Gasteiger charge is -2.16. The van der Waals surface area contributed by atoms with Gasteiger partial charge in [0.2, 0.25) is 5.91 Å². The summed E-state index contributed by atoms with van der Waals surface area (Å²) in [5.41, 5.74) is 2.31. The molecule has 0 aliphatic carbocycles. The summed E-state index contributed by atoms with van der Waals surface area (Å²) in [6.45, 7) is -0.172. The molecule has 3 N–H and O–H groups in total. The number of halogens is 1. The van der Waals surface area contributed by atoms with Crippen molar-refractivity contribution in [2.24, 2.45) is 0 Å². The van der Waals surface area contributed by atoms with Gasteiger partial charge in [-0.15, -0.1) is 0 Å². The predicted octanol–water partition coefficient (Wildman–Crippen LogP) is 2.70. The number of aromatic nitrogens is 1. The van der Waals surface area contributed by atoms with E-state index in [2.05, 4.69) is 10.3 Å². The molecule has 0 aliphatic rings. The Morgan fingerprint density at radius 1 is 1.22 bits per heavy atom. The number of hydrogen-bond donors (Lipinski definition) is 3. The highest BCUT2D eigenvalue weighted by molar-refractivity contribution is 5.89. The van der Waals surface area contributed by atoms with Gasteiger partial charge in [-0.25, -0.2) is 4.39 Å². The Labute approximate surface area is 133 Å². The van der Waals surface area contributed by atoms with Gasteiger partial charge in [0.1, 0.15) is 5.82 Å². The topological polar surface area (TPSA) is 65.1 Å². The van der Waals surface area contributed by atoms with Crippen LogP contribution in [0.15, 0.2) is 54.7 Å². The zero-order valence-electron chi connectivity index (χ0n) is 12.4. The summed E-state index contributed by atoms with van der Waals surface area (Å²) < 4.78 is 13.2. The van der Waals surface area contributed by atoms with Gasteiger partial charge >= 0.3 is 0 Å². The van der Waals surface area contributed by atoms with Gasteiger partial charge in [0, 0.05) is 17.1 Å². The number of aromatic amines is 1. The average molecular weight is 312 g/mol. The molecule has 0 radical (unpaired) electrons. The van der Waals surface area contributed by atoms with E-state index in [0.717, 1.165) is 16.5 Å². The quantitative estimate of drug-likeness (QED) is 0.678. The monoisotopic (exact) mass is 312 g/mol. The SMILES string of the molecule is O=C(Cc1c[nH]c2cc(F)ccc12)NC(CO)c1ccccc1. The molecule has 5 heteroatoms. The van der Waals surface area contributed by atoms with E-state index in [9.17, 15) is 14.3 Å². The summed E-state index contributed by atoms with van der Waals surface area (Å²) in [4.78, 5) is 15.2. The first-order chi connectivity index (χ1) is 11.2. The molecule has 0 spiro atoms. The van der Waals surface area contributed by atoms with Crippen LogP contribution in [0.1, 0.15) is 17.2 Å². The maximum Gasteiger partial charge on any atom is 0.225 e. The van der Waals surface area contributed by atoms with Crippen molar-refractivity contribution in [3.8, 4) is 0 Å². The van der Waals surface area contributed by atoms with Crippen LogP contribution in [-0.4, -0.2) is 22.6 Å². The molecule has 0 aliphatic heterocycles. The van der Waals surface area contributed by atoms with Crippen LogP contribution >= 0.6 is 0 Å². The molecule has 0 bridgehead atoms. The lowest BCUT2D eigenvalue weighted by atomic mass is 10.1. The number of rotatable bonds is 5. The largest absolute Gasteiger partial charge is 0.394 e. The molecule has 0 fully saturated rings. The number of benzene rings is 2. The maximum absolute atomic E-state index is 13.2. The van der Waals surface area contributed by atoms with Crippen molar-refractivity contribution in [3.05, 3.63) is 71.7 Å². The minimum absolute atomic E-state index is 0.162. The van der Waals surface area contributed by atoms with Gasteiger partial charge in [-0.05, 0) is 29.3 Å². The summed E-state index contributed by atoms with van der Waals surface area (Å²) >= 11 is 0. The Morgan fingerprint density at radius 2 is 2.00 bits per heavy atom. The second kappa shape index (κ2) is 6.62. The van der Waals surface area contributed by atoms with Crippen molar-refractivity contribution >= 4 is 16.8 Å². The Morgan fingerprint density at radius 3 is 2.74 bits per heavy atom. The molecule has 1 aromatic heterocycles. The Bertz CT molecular complexity index is 814. The summed E-state index contributed by atoms with van der Waals surface area (Å²) in [5, 5.41) is 13.1. The van der Waals surface area contributed by atoms with Gasteiger partial charge in [0.15, 0.2) is 0 Å². The molecule has 0 saturated carbocycles. The number of carbonyl (C=O) groups excluding carboxylic acids is 1. The summed E-state index contributed by atoms with van der Waals surface area (Å²) in [5.74, 6) is -0.516. The molecule has 3 rings (SSSR count). The number of fused-ring (bicyclic) bond motifs is 1. The maximum atomic E-state index is 13.2. The fraction of sp³-hybridized carbons (Fsp3) is 0.167. The minimum atomic E-state index is -0.439. The van der Waals surface area contributed by atoms with E-state index in [1.807, 2.05) is 30.3 Å². The number of nitrogens with one attached hydrogen (secondary N) is 2.